The van der Waals surface area contributed by atoms with Crippen LogP contribution in [-0.4, -0.2) is 16.3 Å². The highest BCUT2D eigenvalue weighted by Gasteiger charge is 2.08. The molecule has 0 saturated carbocycles. The van der Waals surface area contributed by atoms with E-state index in [2.05, 4.69) is 17.3 Å². The van der Waals surface area contributed by atoms with Gasteiger partial charge in [0.05, 0.1) is 16.4 Å². The summed E-state index contributed by atoms with van der Waals surface area (Å²) in [6, 6.07) is 0. The smallest absolute Gasteiger partial charge is 0.0850 e. The molecule has 0 aliphatic carbocycles. The molecule has 1 heterocycles. The van der Waals surface area contributed by atoms with Crippen molar-refractivity contribution in [3.05, 3.63) is 28.6 Å². The summed E-state index contributed by atoms with van der Waals surface area (Å²) >= 11 is 6.08. The molecule has 0 saturated heterocycles. The van der Waals surface area contributed by atoms with E-state index in [0.29, 0.717) is 6.54 Å². The van der Waals surface area contributed by atoms with Crippen molar-refractivity contribution in [2.24, 2.45) is 12.8 Å². The van der Waals surface area contributed by atoms with E-state index in [0.717, 1.165) is 29.3 Å². The quantitative estimate of drug-likeness (QED) is 0.776. The van der Waals surface area contributed by atoms with Crippen molar-refractivity contribution in [3.63, 3.8) is 0 Å². The lowest BCUT2D eigenvalue weighted by Crippen LogP contribution is -1.98. The number of aromatic nitrogens is 2. The van der Waals surface area contributed by atoms with Crippen molar-refractivity contribution in [2.45, 2.75) is 19.8 Å². The molecule has 2 N–H and O–H groups in total. The molecule has 0 aromatic carbocycles. The Morgan fingerprint density at radius 1 is 1.50 bits per heavy atom. The van der Waals surface area contributed by atoms with E-state index in [9.17, 15) is 0 Å². The number of hydrogen-bond donors (Lipinski definition) is 1. The van der Waals surface area contributed by atoms with Crippen LogP contribution in [-0.2, 0) is 13.5 Å². The average molecular weight is 214 g/mol. The van der Waals surface area contributed by atoms with E-state index in [1.165, 1.54) is 0 Å². The lowest BCUT2D eigenvalue weighted by Gasteiger charge is -1.97. The number of aryl methyl sites for hydroxylation is 2. The zero-order valence-electron chi connectivity index (χ0n) is 8.63. The number of halogens is 1. The molecule has 0 fully saturated rings. The van der Waals surface area contributed by atoms with Crippen molar-refractivity contribution in [2.75, 3.05) is 6.54 Å². The van der Waals surface area contributed by atoms with Crippen LogP contribution in [0.2, 0.25) is 5.02 Å². The van der Waals surface area contributed by atoms with Gasteiger partial charge in [0.2, 0.25) is 0 Å². The Balaban J connectivity index is 2.67. The Morgan fingerprint density at radius 2 is 2.21 bits per heavy atom. The topological polar surface area (TPSA) is 43.8 Å². The Labute approximate surface area is 89.5 Å². The van der Waals surface area contributed by atoms with E-state index < -0.39 is 0 Å². The van der Waals surface area contributed by atoms with Crippen LogP contribution in [0.3, 0.4) is 0 Å². The van der Waals surface area contributed by atoms with Crippen LogP contribution in [0.15, 0.2) is 12.2 Å². The third-order valence-electron chi connectivity index (χ3n) is 2.07. The normalized spacial score (nSPS) is 11.4. The number of nitrogens with two attached hydrogens (primary N) is 1. The van der Waals surface area contributed by atoms with Crippen molar-refractivity contribution in [1.29, 1.82) is 0 Å². The van der Waals surface area contributed by atoms with Gasteiger partial charge in [0.1, 0.15) is 0 Å². The fraction of sp³-hybridized carbons (Fsp3) is 0.500. The van der Waals surface area contributed by atoms with Gasteiger partial charge in [0.25, 0.3) is 0 Å². The molecule has 0 spiro atoms. The second kappa shape index (κ2) is 5.17. The Kier molecular flexibility index (Phi) is 4.17. The molecule has 14 heavy (non-hydrogen) atoms. The molecule has 0 radical (unpaired) electrons. The molecular weight excluding hydrogens is 198 g/mol. The fourth-order valence-electron chi connectivity index (χ4n) is 1.31. The minimum absolute atomic E-state index is 0.689. The van der Waals surface area contributed by atoms with Crippen LogP contribution >= 0.6 is 11.6 Å². The maximum absolute atomic E-state index is 6.08. The SMILES string of the molecule is Cc1nn(C)c(CC=CCCN)c1Cl. The highest BCUT2D eigenvalue weighted by Crippen LogP contribution is 2.19. The second-order valence-electron chi connectivity index (χ2n) is 3.22. The van der Waals surface area contributed by atoms with Gasteiger partial charge in [-0.2, -0.15) is 5.10 Å². The molecule has 1 aromatic rings. The molecule has 78 valence electrons. The largest absolute Gasteiger partial charge is 0.330 e. The van der Waals surface area contributed by atoms with Gasteiger partial charge < -0.3 is 5.73 Å². The molecule has 1 aromatic heterocycles. The summed E-state index contributed by atoms with van der Waals surface area (Å²) in [4.78, 5) is 0. The fourth-order valence-corrected chi connectivity index (χ4v) is 1.55. The first-order valence-electron chi connectivity index (χ1n) is 4.70. The zero-order chi connectivity index (χ0) is 10.6. The maximum atomic E-state index is 6.08. The van der Waals surface area contributed by atoms with Crippen LogP contribution in [0.5, 0.6) is 0 Å². The van der Waals surface area contributed by atoms with Crippen molar-refractivity contribution >= 4 is 11.6 Å². The summed E-state index contributed by atoms with van der Waals surface area (Å²) in [7, 11) is 1.91. The molecule has 0 unspecified atom stereocenters. The molecule has 0 aliphatic rings. The number of rotatable bonds is 4. The van der Waals surface area contributed by atoms with Gasteiger partial charge in [-0.1, -0.05) is 23.8 Å². The zero-order valence-corrected chi connectivity index (χ0v) is 9.38. The summed E-state index contributed by atoms with van der Waals surface area (Å²) in [5.74, 6) is 0. The molecule has 0 amide bonds. The summed E-state index contributed by atoms with van der Waals surface area (Å²) in [5, 5.41) is 5.00. The molecule has 3 nitrogen and oxygen atoms in total. The number of hydrogen-bond acceptors (Lipinski definition) is 2. The first-order chi connectivity index (χ1) is 6.66. The van der Waals surface area contributed by atoms with Crippen LogP contribution in [0.1, 0.15) is 17.8 Å². The summed E-state index contributed by atoms with van der Waals surface area (Å²) < 4.78 is 1.82. The van der Waals surface area contributed by atoms with Gasteiger partial charge >= 0.3 is 0 Å². The van der Waals surface area contributed by atoms with Crippen LogP contribution in [0.25, 0.3) is 0 Å². The van der Waals surface area contributed by atoms with Crippen LogP contribution in [0, 0.1) is 6.92 Å². The van der Waals surface area contributed by atoms with Crippen molar-refractivity contribution < 1.29 is 0 Å². The van der Waals surface area contributed by atoms with E-state index >= 15 is 0 Å². The van der Waals surface area contributed by atoms with E-state index in [-0.39, 0.29) is 0 Å². The van der Waals surface area contributed by atoms with Crippen molar-refractivity contribution in [3.8, 4) is 0 Å². The van der Waals surface area contributed by atoms with E-state index in [1.807, 2.05) is 18.7 Å². The van der Waals surface area contributed by atoms with Gasteiger partial charge in [-0.05, 0) is 19.9 Å². The lowest BCUT2D eigenvalue weighted by atomic mass is 10.2. The van der Waals surface area contributed by atoms with Gasteiger partial charge in [0, 0.05) is 13.5 Å². The van der Waals surface area contributed by atoms with Crippen LogP contribution in [0.4, 0.5) is 0 Å². The average Bonchev–Trinajstić information content (AvgIpc) is 2.38. The third kappa shape index (κ3) is 2.59. The van der Waals surface area contributed by atoms with Crippen molar-refractivity contribution in [1.82, 2.24) is 9.78 Å². The summed E-state index contributed by atoms with van der Waals surface area (Å²) in [6.07, 6.45) is 5.87. The molecule has 0 atom stereocenters. The monoisotopic (exact) mass is 213 g/mol. The Hall–Kier alpha value is -0.800. The first-order valence-corrected chi connectivity index (χ1v) is 5.07. The predicted octanol–water partition coefficient (Wildman–Crippen LogP) is 1.83. The summed E-state index contributed by atoms with van der Waals surface area (Å²) in [5.41, 5.74) is 7.32. The minimum atomic E-state index is 0.689. The number of allylic oxidation sites excluding steroid dienone is 1. The highest BCUT2D eigenvalue weighted by molar-refractivity contribution is 6.31. The molecule has 0 aliphatic heterocycles. The van der Waals surface area contributed by atoms with Crippen LogP contribution < -0.4 is 5.73 Å². The maximum Gasteiger partial charge on any atom is 0.0850 e. The van der Waals surface area contributed by atoms with E-state index in [1.54, 1.807) is 0 Å². The third-order valence-corrected chi connectivity index (χ3v) is 2.56. The lowest BCUT2D eigenvalue weighted by molar-refractivity contribution is 0.719. The van der Waals surface area contributed by atoms with Gasteiger partial charge in [-0.15, -0.1) is 0 Å². The minimum Gasteiger partial charge on any atom is -0.330 e. The Bertz CT molecular complexity index is 328. The van der Waals surface area contributed by atoms with Gasteiger partial charge in [0.15, 0.2) is 0 Å². The molecule has 1 rings (SSSR count). The molecular formula is C10H16ClN3. The molecule has 4 heteroatoms. The highest BCUT2D eigenvalue weighted by atomic mass is 35.5. The van der Waals surface area contributed by atoms with Gasteiger partial charge in [-0.3, -0.25) is 4.68 Å². The predicted molar refractivity (Wildman–Crippen MR) is 59.5 cm³/mol. The van der Waals surface area contributed by atoms with E-state index in [4.69, 9.17) is 17.3 Å². The molecule has 0 bridgehead atoms. The number of nitrogens with zero attached hydrogens (tertiary/aromatic N) is 2. The first kappa shape index (κ1) is 11.3. The Morgan fingerprint density at radius 3 is 2.71 bits per heavy atom. The van der Waals surface area contributed by atoms with Gasteiger partial charge in [-0.25, -0.2) is 0 Å². The summed E-state index contributed by atoms with van der Waals surface area (Å²) in [6.45, 7) is 2.60. The second-order valence-corrected chi connectivity index (χ2v) is 3.60. The standard InChI is InChI=1S/C10H16ClN3/c1-8-10(11)9(14(2)13-8)6-4-3-5-7-12/h3-4H,5-7,12H2,1-2H3.